The van der Waals surface area contributed by atoms with Gasteiger partial charge in [0, 0.05) is 36.8 Å². The van der Waals surface area contributed by atoms with Crippen LogP contribution in [0.1, 0.15) is 18.9 Å². The number of hydrogen-bond donors (Lipinski definition) is 4. The van der Waals surface area contributed by atoms with Gasteiger partial charge in [-0.2, -0.15) is 0 Å². The molecule has 7 heteroatoms. The first-order valence-corrected chi connectivity index (χ1v) is 7.55. The predicted molar refractivity (Wildman–Crippen MR) is 95.9 cm³/mol. The summed E-state index contributed by atoms with van der Waals surface area (Å²) in [4.78, 5) is 15.1. The SMILES string of the molecule is CC(=O)NCCCOc1cc(N)nc2cc(/C(N)=C/C=N)ccc12. The fourth-order valence-corrected chi connectivity index (χ4v) is 2.22. The molecule has 0 aliphatic rings. The minimum absolute atomic E-state index is 0.0586. The van der Waals surface area contributed by atoms with Crippen molar-refractivity contribution in [2.75, 3.05) is 18.9 Å². The molecule has 24 heavy (non-hydrogen) atoms. The Bertz CT molecular complexity index is 786. The minimum Gasteiger partial charge on any atom is -0.493 e. The van der Waals surface area contributed by atoms with Crippen LogP contribution in [0.2, 0.25) is 0 Å². The van der Waals surface area contributed by atoms with Crippen LogP contribution in [0.25, 0.3) is 16.6 Å². The lowest BCUT2D eigenvalue weighted by Crippen LogP contribution is -2.22. The topological polar surface area (TPSA) is 127 Å². The minimum atomic E-state index is -0.0586. The molecule has 0 radical (unpaired) electrons. The van der Waals surface area contributed by atoms with Crippen LogP contribution in [0.15, 0.2) is 30.3 Å². The van der Waals surface area contributed by atoms with Crippen LogP contribution < -0.4 is 21.5 Å². The molecule has 2 rings (SSSR count). The second kappa shape index (κ2) is 7.96. The van der Waals surface area contributed by atoms with Gasteiger partial charge in [0.1, 0.15) is 11.6 Å². The second-order valence-corrected chi connectivity index (χ2v) is 5.25. The molecule has 0 spiro atoms. The third kappa shape index (κ3) is 4.45. The number of carbonyl (C=O) groups excluding carboxylic acids is 1. The lowest BCUT2D eigenvalue weighted by molar-refractivity contribution is -0.118. The first kappa shape index (κ1) is 17.3. The number of ether oxygens (including phenoxy) is 1. The van der Waals surface area contributed by atoms with E-state index in [0.29, 0.717) is 42.4 Å². The van der Waals surface area contributed by atoms with Crippen LogP contribution in [0.3, 0.4) is 0 Å². The maximum absolute atomic E-state index is 10.8. The third-order valence-electron chi connectivity index (χ3n) is 3.34. The molecule has 0 aliphatic carbocycles. The number of carbonyl (C=O) groups is 1. The molecular formula is C17H21N5O2. The number of hydrogen-bond acceptors (Lipinski definition) is 6. The Morgan fingerprint density at radius 2 is 2.21 bits per heavy atom. The number of nitrogens with zero attached hydrogens (tertiary/aromatic N) is 1. The Balaban J connectivity index is 2.19. The van der Waals surface area contributed by atoms with Gasteiger partial charge in [0.25, 0.3) is 0 Å². The molecule has 1 amide bonds. The number of anilines is 1. The first-order chi connectivity index (χ1) is 11.5. The summed E-state index contributed by atoms with van der Waals surface area (Å²) in [6, 6.07) is 7.20. The molecule has 0 bridgehead atoms. The summed E-state index contributed by atoms with van der Waals surface area (Å²) in [5.41, 5.74) is 13.7. The highest BCUT2D eigenvalue weighted by Gasteiger charge is 2.08. The van der Waals surface area contributed by atoms with Crippen molar-refractivity contribution >= 4 is 34.5 Å². The molecule has 0 unspecified atom stereocenters. The summed E-state index contributed by atoms with van der Waals surface area (Å²) in [5.74, 6) is 0.935. The molecule has 126 valence electrons. The zero-order valence-electron chi connectivity index (χ0n) is 13.5. The molecule has 1 aromatic heterocycles. The average Bonchev–Trinajstić information content (AvgIpc) is 2.53. The standard InChI is InChI=1S/C17H21N5O2/c1-11(23)21-7-2-8-24-16-10-17(20)22-15-9-12(3-4-13(15)16)14(19)5-6-18/h3-6,9-10,18H,2,7-8,19H2,1H3,(H2,20,22)(H,21,23)/b14-5-,18-6?. The lowest BCUT2D eigenvalue weighted by Gasteiger charge is -2.11. The monoisotopic (exact) mass is 327 g/mol. The first-order valence-electron chi connectivity index (χ1n) is 7.55. The van der Waals surface area contributed by atoms with Crippen molar-refractivity contribution in [2.45, 2.75) is 13.3 Å². The number of rotatable bonds is 7. The number of aromatic nitrogens is 1. The number of fused-ring (bicyclic) bond motifs is 1. The summed E-state index contributed by atoms with van der Waals surface area (Å²) in [7, 11) is 0. The van der Waals surface area contributed by atoms with Crippen molar-refractivity contribution in [3.8, 4) is 5.75 Å². The molecule has 0 saturated heterocycles. The van der Waals surface area contributed by atoms with E-state index < -0.39 is 0 Å². The number of nitrogens with two attached hydrogens (primary N) is 2. The molecule has 6 N–H and O–H groups in total. The Labute approximate surface area is 140 Å². The van der Waals surface area contributed by atoms with Crippen LogP contribution in [-0.2, 0) is 4.79 Å². The highest BCUT2D eigenvalue weighted by Crippen LogP contribution is 2.28. The van der Waals surface area contributed by atoms with E-state index in [1.807, 2.05) is 18.2 Å². The van der Waals surface area contributed by atoms with Crippen molar-refractivity contribution in [3.63, 3.8) is 0 Å². The number of nitrogens with one attached hydrogen (secondary N) is 2. The van der Waals surface area contributed by atoms with Gasteiger partial charge in [-0.25, -0.2) is 4.98 Å². The Hall–Kier alpha value is -3.09. The largest absolute Gasteiger partial charge is 0.493 e. The van der Waals surface area contributed by atoms with E-state index in [0.717, 1.165) is 17.2 Å². The van der Waals surface area contributed by atoms with Gasteiger partial charge in [0.2, 0.25) is 5.91 Å². The molecular weight excluding hydrogens is 306 g/mol. The van der Waals surface area contributed by atoms with E-state index in [4.69, 9.17) is 21.6 Å². The second-order valence-electron chi connectivity index (χ2n) is 5.25. The summed E-state index contributed by atoms with van der Waals surface area (Å²) in [5, 5.41) is 10.6. The summed E-state index contributed by atoms with van der Waals surface area (Å²) < 4.78 is 5.78. The van der Waals surface area contributed by atoms with Gasteiger partial charge in [0.05, 0.1) is 12.1 Å². The van der Waals surface area contributed by atoms with E-state index in [1.54, 1.807) is 6.07 Å². The quantitative estimate of drug-likeness (QED) is 0.454. The third-order valence-corrected chi connectivity index (χ3v) is 3.34. The predicted octanol–water partition coefficient (Wildman–Crippen LogP) is 1.67. The van der Waals surface area contributed by atoms with Gasteiger partial charge in [-0.15, -0.1) is 0 Å². The molecule has 0 aliphatic heterocycles. The van der Waals surface area contributed by atoms with Gasteiger partial charge in [-0.05, 0) is 30.2 Å². The average molecular weight is 327 g/mol. The molecule has 0 atom stereocenters. The van der Waals surface area contributed by atoms with E-state index in [9.17, 15) is 4.79 Å². The van der Waals surface area contributed by atoms with Crippen molar-refractivity contribution in [1.82, 2.24) is 10.3 Å². The van der Waals surface area contributed by atoms with Crippen LogP contribution in [-0.4, -0.2) is 30.3 Å². The Morgan fingerprint density at radius 1 is 1.42 bits per heavy atom. The molecule has 7 nitrogen and oxygen atoms in total. The van der Waals surface area contributed by atoms with Crippen molar-refractivity contribution in [3.05, 3.63) is 35.9 Å². The van der Waals surface area contributed by atoms with Crippen LogP contribution in [0.4, 0.5) is 5.82 Å². The zero-order valence-corrected chi connectivity index (χ0v) is 13.5. The number of nitrogen functional groups attached to an aromatic ring is 1. The highest BCUT2D eigenvalue weighted by molar-refractivity contribution is 5.90. The fourth-order valence-electron chi connectivity index (χ4n) is 2.22. The molecule has 1 heterocycles. The maximum atomic E-state index is 10.8. The van der Waals surface area contributed by atoms with Crippen LogP contribution >= 0.6 is 0 Å². The van der Waals surface area contributed by atoms with Crippen LogP contribution in [0, 0.1) is 5.41 Å². The molecule has 1 aromatic carbocycles. The highest BCUT2D eigenvalue weighted by atomic mass is 16.5. The van der Waals surface area contributed by atoms with E-state index in [-0.39, 0.29) is 5.91 Å². The number of benzene rings is 1. The zero-order chi connectivity index (χ0) is 17.5. The van der Waals surface area contributed by atoms with E-state index in [2.05, 4.69) is 10.3 Å². The van der Waals surface area contributed by atoms with Crippen LogP contribution in [0.5, 0.6) is 5.75 Å². The number of allylic oxidation sites excluding steroid dienone is 1. The van der Waals surface area contributed by atoms with Gasteiger partial charge >= 0.3 is 0 Å². The van der Waals surface area contributed by atoms with Gasteiger partial charge in [0.15, 0.2) is 0 Å². The Kier molecular flexibility index (Phi) is 5.73. The Morgan fingerprint density at radius 3 is 2.92 bits per heavy atom. The van der Waals surface area contributed by atoms with E-state index >= 15 is 0 Å². The molecule has 0 fully saturated rings. The number of pyridine rings is 1. The van der Waals surface area contributed by atoms with Gasteiger partial charge < -0.3 is 26.9 Å². The van der Waals surface area contributed by atoms with Gasteiger partial charge in [-0.3, -0.25) is 4.79 Å². The molecule has 0 saturated carbocycles. The normalized spacial score (nSPS) is 11.3. The summed E-state index contributed by atoms with van der Waals surface area (Å²) in [6.45, 7) is 2.49. The smallest absolute Gasteiger partial charge is 0.216 e. The van der Waals surface area contributed by atoms with Crippen molar-refractivity contribution < 1.29 is 9.53 Å². The summed E-state index contributed by atoms with van der Waals surface area (Å²) >= 11 is 0. The maximum Gasteiger partial charge on any atom is 0.216 e. The summed E-state index contributed by atoms with van der Waals surface area (Å²) in [6.07, 6.45) is 3.33. The van der Waals surface area contributed by atoms with Crippen molar-refractivity contribution in [1.29, 1.82) is 5.41 Å². The fraction of sp³-hybridized carbons (Fsp3) is 0.235. The van der Waals surface area contributed by atoms with Gasteiger partial charge in [-0.1, -0.05) is 6.07 Å². The van der Waals surface area contributed by atoms with E-state index in [1.165, 1.54) is 13.0 Å². The molecule has 2 aromatic rings. The lowest BCUT2D eigenvalue weighted by atomic mass is 10.1. The van der Waals surface area contributed by atoms with Crippen molar-refractivity contribution in [2.24, 2.45) is 5.73 Å². The number of amides is 1.